The van der Waals surface area contributed by atoms with Crippen LogP contribution in [0.1, 0.15) is 12.8 Å². The molecule has 2 fully saturated rings. The second-order valence-electron chi connectivity index (χ2n) is 7.37. The maximum Gasteiger partial charge on any atom is 0.227 e. The first-order valence-corrected chi connectivity index (χ1v) is 9.80. The van der Waals surface area contributed by atoms with E-state index in [1.807, 2.05) is 23.2 Å². The third-order valence-electron chi connectivity index (χ3n) is 5.62. The molecule has 8 heteroatoms. The summed E-state index contributed by atoms with van der Waals surface area (Å²) < 4.78 is 6.97. The Morgan fingerprint density at radius 1 is 1.22 bits per heavy atom. The van der Waals surface area contributed by atoms with Crippen LogP contribution < -0.4 is 4.90 Å². The average molecular weight is 372 g/mol. The first-order valence-electron chi connectivity index (χ1n) is 9.80. The molecule has 0 bridgehead atoms. The molecule has 4 rings (SSSR count). The van der Waals surface area contributed by atoms with Crippen LogP contribution in [0.5, 0.6) is 0 Å². The van der Waals surface area contributed by atoms with Gasteiger partial charge in [-0.1, -0.05) is 0 Å². The van der Waals surface area contributed by atoms with Gasteiger partial charge in [0.1, 0.15) is 5.82 Å². The van der Waals surface area contributed by atoms with Crippen molar-refractivity contribution in [1.29, 1.82) is 0 Å². The van der Waals surface area contributed by atoms with Crippen LogP contribution in [0.15, 0.2) is 24.5 Å². The Labute approximate surface area is 159 Å². The van der Waals surface area contributed by atoms with E-state index in [9.17, 15) is 4.79 Å². The number of imidazole rings is 1. The lowest BCUT2D eigenvalue weighted by Crippen LogP contribution is -2.53. The Bertz CT molecular complexity index is 770. The van der Waals surface area contributed by atoms with E-state index in [1.165, 1.54) is 0 Å². The molecule has 27 heavy (non-hydrogen) atoms. The number of piperazine rings is 1. The third-order valence-corrected chi connectivity index (χ3v) is 5.62. The topological polar surface area (TPSA) is 66.2 Å². The van der Waals surface area contributed by atoms with Crippen molar-refractivity contribution in [1.82, 2.24) is 24.4 Å². The lowest BCUT2D eigenvalue weighted by atomic mass is 9.96. The second kappa shape index (κ2) is 8.22. The highest BCUT2D eigenvalue weighted by atomic mass is 16.5. The summed E-state index contributed by atoms with van der Waals surface area (Å²) in [4.78, 5) is 23.9. The lowest BCUT2D eigenvalue weighted by Gasteiger charge is -2.39. The number of likely N-dealkylation sites (tertiary alicyclic amines) is 1. The zero-order valence-corrected chi connectivity index (χ0v) is 16.0. The number of fused-ring (bicyclic) bond motifs is 1. The molecular formula is C19H28N6O2. The van der Waals surface area contributed by atoms with E-state index < -0.39 is 0 Å². The number of hydrogen-bond donors (Lipinski definition) is 0. The van der Waals surface area contributed by atoms with E-state index in [4.69, 9.17) is 4.74 Å². The Kier molecular flexibility index (Phi) is 5.54. The molecule has 0 radical (unpaired) electrons. The molecule has 1 unspecified atom stereocenters. The Morgan fingerprint density at radius 2 is 2.07 bits per heavy atom. The number of aromatic nitrogens is 3. The summed E-state index contributed by atoms with van der Waals surface area (Å²) in [6, 6.07) is 3.99. The third kappa shape index (κ3) is 4.06. The van der Waals surface area contributed by atoms with Gasteiger partial charge in [-0.2, -0.15) is 0 Å². The van der Waals surface area contributed by atoms with Crippen molar-refractivity contribution in [2.45, 2.75) is 12.8 Å². The van der Waals surface area contributed by atoms with Gasteiger partial charge in [-0.15, -0.1) is 5.10 Å². The van der Waals surface area contributed by atoms with E-state index in [-0.39, 0.29) is 5.92 Å². The fourth-order valence-electron chi connectivity index (χ4n) is 4.07. The molecule has 2 saturated heterocycles. The molecule has 2 aliphatic heterocycles. The van der Waals surface area contributed by atoms with Crippen LogP contribution in [-0.2, 0) is 9.53 Å². The van der Waals surface area contributed by atoms with E-state index in [0.717, 1.165) is 76.7 Å². The number of carbonyl (C=O) groups is 1. The van der Waals surface area contributed by atoms with Crippen LogP contribution in [0.25, 0.3) is 5.65 Å². The first kappa shape index (κ1) is 18.2. The van der Waals surface area contributed by atoms with Gasteiger partial charge in [0.15, 0.2) is 5.65 Å². The van der Waals surface area contributed by atoms with Gasteiger partial charge in [-0.3, -0.25) is 4.79 Å². The van der Waals surface area contributed by atoms with E-state index >= 15 is 0 Å². The number of hydrogen-bond acceptors (Lipinski definition) is 6. The molecule has 4 heterocycles. The zero-order valence-electron chi connectivity index (χ0n) is 16.0. The van der Waals surface area contributed by atoms with E-state index in [2.05, 4.69) is 19.9 Å². The highest BCUT2D eigenvalue weighted by Crippen LogP contribution is 2.21. The maximum absolute atomic E-state index is 13.0. The number of anilines is 1. The summed E-state index contributed by atoms with van der Waals surface area (Å²) in [6.07, 6.45) is 5.70. The number of piperidine rings is 1. The maximum atomic E-state index is 13.0. The van der Waals surface area contributed by atoms with Gasteiger partial charge in [-0.25, -0.2) is 9.50 Å². The van der Waals surface area contributed by atoms with E-state index in [1.54, 1.807) is 17.8 Å². The second-order valence-corrected chi connectivity index (χ2v) is 7.37. The minimum absolute atomic E-state index is 0.127. The van der Waals surface area contributed by atoms with Crippen molar-refractivity contribution in [2.75, 3.05) is 64.4 Å². The minimum Gasteiger partial charge on any atom is -0.383 e. The average Bonchev–Trinajstić information content (AvgIpc) is 3.20. The predicted octanol–water partition coefficient (Wildman–Crippen LogP) is 0.736. The first-order chi connectivity index (χ1) is 13.2. The molecule has 0 aromatic carbocycles. The van der Waals surface area contributed by atoms with Gasteiger partial charge < -0.3 is 19.4 Å². The fraction of sp³-hybridized carbons (Fsp3) is 0.632. The number of rotatable bonds is 5. The minimum atomic E-state index is 0.127. The van der Waals surface area contributed by atoms with Gasteiger partial charge >= 0.3 is 0 Å². The van der Waals surface area contributed by atoms with Crippen LogP contribution in [0.3, 0.4) is 0 Å². The molecule has 8 nitrogen and oxygen atoms in total. The largest absolute Gasteiger partial charge is 0.383 e. The molecule has 2 aliphatic rings. The highest BCUT2D eigenvalue weighted by Gasteiger charge is 2.31. The van der Waals surface area contributed by atoms with Crippen LogP contribution >= 0.6 is 0 Å². The number of ether oxygens (including phenoxy) is 1. The van der Waals surface area contributed by atoms with Crippen molar-refractivity contribution >= 4 is 17.4 Å². The molecule has 146 valence electrons. The molecule has 0 aliphatic carbocycles. The Balaban J connectivity index is 1.32. The van der Waals surface area contributed by atoms with Gasteiger partial charge in [0, 0.05) is 58.8 Å². The van der Waals surface area contributed by atoms with Crippen molar-refractivity contribution in [3.05, 3.63) is 24.5 Å². The van der Waals surface area contributed by atoms with Gasteiger partial charge in [-0.05, 0) is 31.5 Å². The van der Waals surface area contributed by atoms with Crippen molar-refractivity contribution in [3.8, 4) is 0 Å². The molecular weight excluding hydrogens is 344 g/mol. The van der Waals surface area contributed by atoms with Crippen molar-refractivity contribution < 1.29 is 9.53 Å². The number of methoxy groups -OCH3 is 1. The molecule has 1 atom stereocenters. The van der Waals surface area contributed by atoms with Crippen LogP contribution in [-0.4, -0.2) is 89.8 Å². The monoisotopic (exact) mass is 372 g/mol. The number of nitrogens with zero attached hydrogens (tertiary/aromatic N) is 6. The van der Waals surface area contributed by atoms with Crippen LogP contribution in [0.2, 0.25) is 0 Å². The van der Waals surface area contributed by atoms with E-state index in [0.29, 0.717) is 5.91 Å². The highest BCUT2D eigenvalue weighted by molar-refractivity contribution is 5.79. The van der Waals surface area contributed by atoms with Crippen molar-refractivity contribution in [3.63, 3.8) is 0 Å². The van der Waals surface area contributed by atoms with Gasteiger partial charge in [0.05, 0.1) is 12.5 Å². The summed E-state index contributed by atoms with van der Waals surface area (Å²) in [6.45, 7) is 6.74. The van der Waals surface area contributed by atoms with Gasteiger partial charge in [0.25, 0.3) is 0 Å². The SMILES string of the molecule is COCCN1CCCC(C(=O)N2CCN(c3ccc4nccn4n3)CC2)C1. The lowest BCUT2D eigenvalue weighted by molar-refractivity contribution is -0.137. The summed E-state index contributed by atoms with van der Waals surface area (Å²) in [7, 11) is 1.73. The molecule has 1 amide bonds. The number of carbonyl (C=O) groups excluding carboxylic acids is 1. The summed E-state index contributed by atoms with van der Waals surface area (Å²) in [5.41, 5.74) is 0.850. The normalized spacial score (nSPS) is 21.7. The fourth-order valence-corrected chi connectivity index (χ4v) is 4.07. The van der Waals surface area contributed by atoms with Gasteiger partial charge in [0.2, 0.25) is 5.91 Å². The summed E-state index contributed by atoms with van der Waals surface area (Å²) in [5, 5.41) is 4.62. The predicted molar refractivity (Wildman–Crippen MR) is 103 cm³/mol. The molecule has 2 aromatic heterocycles. The molecule has 2 aromatic rings. The molecule has 0 spiro atoms. The van der Waals surface area contributed by atoms with Crippen molar-refractivity contribution in [2.24, 2.45) is 5.92 Å². The van der Waals surface area contributed by atoms with Crippen LogP contribution in [0, 0.1) is 5.92 Å². The smallest absolute Gasteiger partial charge is 0.227 e. The number of amides is 1. The summed E-state index contributed by atoms with van der Waals surface area (Å²) in [5.74, 6) is 1.38. The summed E-state index contributed by atoms with van der Waals surface area (Å²) >= 11 is 0. The molecule has 0 saturated carbocycles. The Hall–Kier alpha value is -2.19. The van der Waals surface area contributed by atoms with Crippen LogP contribution in [0.4, 0.5) is 5.82 Å². The zero-order chi connectivity index (χ0) is 18.6. The molecule has 0 N–H and O–H groups in total. The standard InChI is InChI=1S/C19H28N6O2/c1-27-14-13-22-7-2-3-16(15-22)19(26)24-11-9-23(10-12-24)18-5-4-17-20-6-8-25(17)21-18/h4-6,8,16H,2-3,7,9-15H2,1H3. The Morgan fingerprint density at radius 3 is 2.89 bits per heavy atom. The quantitative estimate of drug-likeness (QED) is 0.771.